The first-order valence-corrected chi connectivity index (χ1v) is 9.57. The topological polar surface area (TPSA) is 49.6 Å². The van der Waals surface area contributed by atoms with E-state index in [0.29, 0.717) is 16.1 Å². The summed E-state index contributed by atoms with van der Waals surface area (Å²) in [5, 5.41) is 13.6. The van der Waals surface area contributed by atoms with E-state index >= 15 is 0 Å². The molecule has 1 atom stereocenters. The number of hydrogen-bond acceptors (Lipinski definition) is 5. The molecule has 4 rings (SSSR count). The largest absolute Gasteiger partial charge is 0.369 e. The third kappa shape index (κ3) is 3.73. The van der Waals surface area contributed by atoms with E-state index in [2.05, 4.69) is 38.6 Å². The fraction of sp³-hybridized carbons (Fsp3) is 0.316. The second-order valence-electron chi connectivity index (χ2n) is 6.81. The Kier molecular flexibility index (Phi) is 4.93. The van der Waals surface area contributed by atoms with Gasteiger partial charge in [-0.2, -0.15) is 4.52 Å². The van der Waals surface area contributed by atoms with Crippen LogP contribution in [0.4, 0.5) is 5.82 Å². The molecule has 3 aromatic rings. The lowest BCUT2D eigenvalue weighted by Gasteiger charge is -2.42. The van der Waals surface area contributed by atoms with Crippen LogP contribution in [0.3, 0.4) is 0 Å². The highest BCUT2D eigenvalue weighted by Crippen LogP contribution is 2.26. The van der Waals surface area contributed by atoms with E-state index in [1.807, 2.05) is 30.3 Å². The van der Waals surface area contributed by atoms with Gasteiger partial charge in [-0.25, -0.2) is 0 Å². The van der Waals surface area contributed by atoms with Gasteiger partial charge in [0.25, 0.3) is 0 Å². The van der Waals surface area contributed by atoms with Crippen molar-refractivity contribution in [3.05, 3.63) is 64.5 Å². The van der Waals surface area contributed by atoms with Gasteiger partial charge in [-0.05, 0) is 36.8 Å². The normalized spacial score (nSPS) is 17.5. The van der Waals surface area contributed by atoms with Gasteiger partial charge >= 0.3 is 0 Å². The minimum absolute atomic E-state index is 0.326. The van der Waals surface area contributed by atoms with Crippen LogP contribution >= 0.6 is 23.2 Å². The van der Waals surface area contributed by atoms with Crippen molar-refractivity contribution in [2.75, 3.05) is 24.5 Å². The fourth-order valence-corrected chi connectivity index (χ4v) is 3.83. The summed E-state index contributed by atoms with van der Waals surface area (Å²) in [6, 6.07) is 10.0. The highest BCUT2D eigenvalue weighted by molar-refractivity contribution is 6.42. The molecule has 0 spiro atoms. The second kappa shape index (κ2) is 7.37. The van der Waals surface area contributed by atoms with Crippen molar-refractivity contribution in [1.29, 1.82) is 0 Å². The lowest BCUT2D eigenvalue weighted by atomic mass is 10.1. The summed E-state index contributed by atoms with van der Waals surface area (Å²) < 4.78 is 1.70. The van der Waals surface area contributed by atoms with Crippen molar-refractivity contribution in [2.45, 2.75) is 19.4 Å². The van der Waals surface area contributed by atoms with Crippen molar-refractivity contribution in [3.8, 4) is 0 Å². The second-order valence-corrected chi connectivity index (χ2v) is 7.62. The first-order chi connectivity index (χ1) is 13.0. The van der Waals surface area contributed by atoms with E-state index in [0.717, 1.165) is 48.8 Å². The number of benzene rings is 1. The van der Waals surface area contributed by atoms with Gasteiger partial charge in [0.05, 0.1) is 10.0 Å². The third-order valence-electron chi connectivity index (χ3n) is 4.90. The molecule has 0 amide bonds. The first-order valence-electron chi connectivity index (χ1n) is 8.81. The van der Waals surface area contributed by atoms with E-state index in [4.69, 9.17) is 23.2 Å². The Balaban J connectivity index is 1.43. The Morgan fingerprint density at radius 3 is 2.81 bits per heavy atom. The van der Waals surface area contributed by atoms with E-state index in [1.54, 1.807) is 10.8 Å². The number of nitrogens with zero attached hydrogens (tertiary/aromatic N) is 6. The molecule has 6 nitrogen and oxygen atoms in total. The zero-order chi connectivity index (χ0) is 19.0. The minimum atomic E-state index is 0.326. The zero-order valence-corrected chi connectivity index (χ0v) is 16.5. The SMILES string of the molecule is C=C(Cc1ccc(Cl)c(Cl)c1)N1CCN(c2ccc3nncn3n2)CC1C. The van der Waals surface area contributed by atoms with Crippen LogP contribution in [0.5, 0.6) is 0 Å². The number of allylic oxidation sites excluding steroid dienone is 1. The van der Waals surface area contributed by atoms with Gasteiger partial charge in [0.15, 0.2) is 5.65 Å². The maximum Gasteiger partial charge on any atom is 0.177 e. The van der Waals surface area contributed by atoms with E-state index in [1.165, 1.54) is 0 Å². The smallest absolute Gasteiger partial charge is 0.177 e. The summed E-state index contributed by atoms with van der Waals surface area (Å²) in [7, 11) is 0. The van der Waals surface area contributed by atoms with Crippen LogP contribution in [0.1, 0.15) is 12.5 Å². The monoisotopic (exact) mass is 402 g/mol. The van der Waals surface area contributed by atoms with Gasteiger partial charge in [-0.1, -0.05) is 35.8 Å². The number of piperazine rings is 1. The third-order valence-corrected chi connectivity index (χ3v) is 5.64. The van der Waals surface area contributed by atoms with Gasteiger partial charge < -0.3 is 9.80 Å². The first kappa shape index (κ1) is 18.1. The molecule has 2 aromatic heterocycles. The molecule has 0 bridgehead atoms. The van der Waals surface area contributed by atoms with Gasteiger partial charge in [-0.3, -0.25) is 0 Å². The number of fused-ring (bicyclic) bond motifs is 1. The molecular formula is C19H20Cl2N6. The van der Waals surface area contributed by atoms with Crippen molar-refractivity contribution >= 4 is 34.7 Å². The molecule has 8 heteroatoms. The van der Waals surface area contributed by atoms with Crippen LogP contribution in [0.2, 0.25) is 10.0 Å². The molecule has 0 radical (unpaired) electrons. The quantitative estimate of drug-likeness (QED) is 0.665. The Morgan fingerprint density at radius 1 is 1.19 bits per heavy atom. The maximum absolute atomic E-state index is 6.13. The number of halogens is 2. The minimum Gasteiger partial charge on any atom is -0.369 e. The number of anilines is 1. The van der Waals surface area contributed by atoms with Gasteiger partial charge in [0.2, 0.25) is 0 Å². The van der Waals surface area contributed by atoms with Crippen LogP contribution < -0.4 is 4.90 Å². The van der Waals surface area contributed by atoms with E-state index < -0.39 is 0 Å². The van der Waals surface area contributed by atoms with Crippen LogP contribution in [0.15, 0.2) is 48.9 Å². The molecule has 0 aliphatic carbocycles. The average Bonchev–Trinajstić information content (AvgIpc) is 3.12. The van der Waals surface area contributed by atoms with Gasteiger partial charge in [-0.15, -0.1) is 15.3 Å². The van der Waals surface area contributed by atoms with Gasteiger partial charge in [0.1, 0.15) is 12.1 Å². The van der Waals surface area contributed by atoms with E-state index in [-0.39, 0.29) is 0 Å². The molecule has 3 heterocycles. The molecular weight excluding hydrogens is 383 g/mol. The number of hydrogen-bond donors (Lipinski definition) is 0. The summed E-state index contributed by atoms with van der Waals surface area (Å²) in [5.74, 6) is 0.934. The molecule has 27 heavy (non-hydrogen) atoms. The summed E-state index contributed by atoms with van der Waals surface area (Å²) in [6.07, 6.45) is 2.38. The van der Waals surface area contributed by atoms with Crippen LogP contribution in [-0.4, -0.2) is 50.4 Å². The van der Waals surface area contributed by atoms with Crippen LogP contribution in [0.25, 0.3) is 5.65 Å². The summed E-state index contributed by atoms with van der Waals surface area (Å²) in [6.45, 7) is 9.16. The Bertz CT molecular complexity index is 985. The molecule has 0 N–H and O–H groups in total. The molecule has 140 valence electrons. The molecule has 1 aliphatic heterocycles. The fourth-order valence-electron chi connectivity index (χ4n) is 3.51. The van der Waals surface area contributed by atoms with Crippen molar-refractivity contribution in [1.82, 2.24) is 24.7 Å². The number of aromatic nitrogens is 4. The Labute approximate surface area is 168 Å². The summed E-state index contributed by atoms with van der Waals surface area (Å²) in [4.78, 5) is 4.64. The standard InChI is InChI=1S/C19H20Cl2N6/c1-13(9-15-3-4-16(20)17(21)10-15)26-8-7-25(11-14(26)2)19-6-5-18-23-22-12-27(18)24-19/h3-6,10,12,14H,1,7-9,11H2,2H3. The predicted octanol–water partition coefficient (Wildman–Crippen LogP) is 3.70. The summed E-state index contributed by atoms with van der Waals surface area (Å²) in [5.41, 5.74) is 2.95. The van der Waals surface area contributed by atoms with Crippen molar-refractivity contribution < 1.29 is 0 Å². The lowest BCUT2D eigenvalue weighted by Crippen LogP contribution is -2.51. The average molecular weight is 403 g/mol. The van der Waals surface area contributed by atoms with Crippen LogP contribution in [0, 0.1) is 0 Å². The highest BCUT2D eigenvalue weighted by Gasteiger charge is 2.25. The van der Waals surface area contributed by atoms with Crippen LogP contribution in [-0.2, 0) is 6.42 Å². The Morgan fingerprint density at radius 2 is 2.04 bits per heavy atom. The maximum atomic E-state index is 6.13. The number of rotatable bonds is 4. The Hall–Kier alpha value is -2.31. The molecule has 1 aliphatic rings. The summed E-state index contributed by atoms with van der Waals surface area (Å²) >= 11 is 12.1. The molecule has 1 aromatic carbocycles. The van der Waals surface area contributed by atoms with Crippen molar-refractivity contribution in [3.63, 3.8) is 0 Å². The zero-order valence-electron chi connectivity index (χ0n) is 15.0. The molecule has 1 fully saturated rings. The predicted molar refractivity (Wildman–Crippen MR) is 108 cm³/mol. The molecule has 0 saturated carbocycles. The lowest BCUT2D eigenvalue weighted by molar-refractivity contribution is 0.238. The highest BCUT2D eigenvalue weighted by atomic mass is 35.5. The molecule has 1 unspecified atom stereocenters. The van der Waals surface area contributed by atoms with E-state index in [9.17, 15) is 0 Å². The van der Waals surface area contributed by atoms with Crippen molar-refractivity contribution in [2.24, 2.45) is 0 Å². The van der Waals surface area contributed by atoms with Gasteiger partial charge in [0, 0.05) is 37.8 Å². The molecule has 1 saturated heterocycles.